The van der Waals surface area contributed by atoms with Crippen molar-refractivity contribution in [3.05, 3.63) is 0 Å². The largest absolute Gasteiger partial charge is 0.340 e. The second-order valence-electron chi connectivity index (χ2n) is 6.12. The molecule has 0 bridgehead atoms. The van der Waals surface area contributed by atoms with Crippen LogP contribution in [0.25, 0.3) is 0 Å². The molecule has 20 heavy (non-hydrogen) atoms. The van der Waals surface area contributed by atoms with Crippen LogP contribution in [0, 0.1) is 5.92 Å². The van der Waals surface area contributed by atoms with E-state index in [1.165, 1.54) is 32.2 Å². The van der Waals surface area contributed by atoms with E-state index in [2.05, 4.69) is 15.1 Å². The Morgan fingerprint density at radius 1 is 1.05 bits per heavy atom. The second-order valence-corrected chi connectivity index (χ2v) is 6.12. The molecule has 3 rings (SSSR count). The fourth-order valence-corrected chi connectivity index (χ4v) is 3.12. The summed E-state index contributed by atoms with van der Waals surface area (Å²) >= 11 is 0. The van der Waals surface area contributed by atoms with E-state index in [9.17, 15) is 4.79 Å². The topological polar surface area (TPSA) is 35.6 Å². The Bertz CT molecular complexity index is 299. The minimum absolute atomic E-state index is 0. The molecule has 0 aromatic rings. The van der Waals surface area contributed by atoms with Crippen LogP contribution in [-0.2, 0) is 4.79 Å². The van der Waals surface area contributed by atoms with E-state index in [-0.39, 0.29) is 24.8 Å². The zero-order valence-electron chi connectivity index (χ0n) is 12.1. The lowest BCUT2D eigenvalue weighted by Gasteiger charge is -2.35. The highest BCUT2D eigenvalue weighted by Crippen LogP contribution is 2.29. The van der Waals surface area contributed by atoms with Gasteiger partial charge in [-0.15, -0.1) is 24.8 Å². The van der Waals surface area contributed by atoms with Crippen molar-refractivity contribution in [2.75, 3.05) is 39.3 Å². The minimum Gasteiger partial charge on any atom is -0.340 e. The van der Waals surface area contributed by atoms with Gasteiger partial charge in [-0.05, 0) is 38.1 Å². The van der Waals surface area contributed by atoms with Gasteiger partial charge in [0.25, 0.3) is 0 Å². The predicted molar refractivity (Wildman–Crippen MR) is 85.9 cm³/mol. The molecule has 1 aliphatic carbocycles. The number of nitrogens with one attached hydrogen (secondary N) is 1. The van der Waals surface area contributed by atoms with Gasteiger partial charge in [-0.3, -0.25) is 9.69 Å². The van der Waals surface area contributed by atoms with Crippen LogP contribution in [0.4, 0.5) is 0 Å². The van der Waals surface area contributed by atoms with Gasteiger partial charge < -0.3 is 10.2 Å². The Kier molecular flexibility index (Phi) is 7.59. The van der Waals surface area contributed by atoms with Crippen LogP contribution in [0.3, 0.4) is 0 Å². The molecule has 3 aliphatic rings. The Morgan fingerprint density at radius 2 is 1.75 bits per heavy atom. The molecule has 1 N–H and O–H groups in total. The van der Waals surface area contributed by atoms with Crippen LogP contribution in [0.5, 0.6) is 0 Å². The molecule has 2 saturated heterocycles. The molecule has 0 aromatic heterocycles. The SMILES string of the molecule is Cl.Cl.O=C(CC1CCCN1)N1CCN(CC2CC2)CC1. The number of nitrogens with zero attached hydrogens (tertiary/aromatic N) is 2. The summed E-state index contributed by atoms with van der Waals surface area (Å²) in [4.78, 5) is 16.8. The highest BCUT2D eigenvalue weighted by molar-refractivity contribution is 5.85. The van der Waals surface area contributed by atoms with E-state index in [1.807, 2.05) is 0 Å². The average Bonchev–Trinajstić information content (AvgIpc) is 3.04. The van der Waals surface area contributed by atoms with Crippen molar-refractivity contribution in [2.24, 2.45) is 5.92 Å². The summed E-state index contributed by atoms with van der Waals surface area (Å²) in [6.07, 6.45) is 5.96. The molecule has 1 saturated carbocycles. The zero-order valence-corrected chi connectivity index (χ0v) is 13.7. The maximum atomic E-state index is 12.2. The molecule has 1 amide bonds. The number of halogens is 2. The van der Waals surface area contributed by atoms with Gasteiger partial charge in [0, 0.05) is 45.2 Å². The third-order valence-electron chi connectivity index (χ3n) is 4.52. The summed E-state index contributed by atoms with van der Waals surface area (Å²) in [6.45, 7) is 6.41. The van der Waals surface area contributed by atoms with Crippen molar-refractivity contribution >= 4 is 30.7 Å². The Morgan fingerprint density at radius 3 is 2.30 bits per heavy atom. The molecule has 6 heteroatoms. The number of carbonyl (C=O) groups is 1. The van der Waals surface area contributed by atoms with Crippen LogP contribution in [-0.4, -0.2) is 61.0 Å². The molecular weight excluding hydrogens is 297 g/mol. The average molecular weight is 324 g/mol. The lowest BCUT2D eigenvalue weighted by molar-refractivity contribution is -0.133. The van der Waals surface area contributed by atoms with E-state index in [1.54, 1.807) is 0 Å². The monoisotopic (exact) mass is 323 g/mol. The van der Waals surface area contributed by atoms with E-state index < -0.39 is 0 Å². The van der Waals surface area contributed by atoms with Gasteiger partial charge in [0.2, 0.25) is 5.91 Å². The number of rotatable bonds is 4. The lowest BCUT2D eigenvalue weighted by Crippen LogP contribution is -2.50. The van der Waals surface area contributed by atoms with E-state index in [0.29, 0.717) is 18.4 Å². The molecular formula is C14H27Cl2N3O. The first kappa shape index (κ1) is 18.0. The van der Waals surface area contributed by atoms with Crippen molar-refractivity contribution < 1.29 is 4.79 Å². The van der Waals surface area contributed by atoms with Crippen molar-refractivity contribution in [1.82, 2.24) is 15.1 Å². The lowest BCUT2D eigenvalue weighted by atomic mass is 10.1. The van der Waals surface area contributed by atoms with Crippen molar-refractivity contribution in [2.45, 2.75) is 38.1 Å². The first-order chi connectivity index (χ1) is 8.81. The fourth-order valence-electron chi connectivity index (χ4n) is 3.12. The molecule has 1 unspecified atom stereocenters. The summed E-state index contributed by atoms with van der Waals surface area (Å²) in [5.41, 5.74) is 0. The van der Waals surface area contributed by atoms with E-state index in [4.69, 9.17) is 0 Å². The van der Waals surface area contributed by atoms with Crippen molar-refractivity contribution in [1.29, 1.82) is 0 Å². The molecule has 0 aromatic carbocycles. The summed E-state index contributed by atoms with van der Waals surface area (Å²) < 4.78 is 0. The fraction of sp³-hybridized carbons (Fsp3) is 0.929. The summed E-state index contributed by atoms with van der Waals surface area (Å²) in [5, 5.41) is 3.41. The number of carbonyl (C=O) groups excluding carboxylic acids is 1. The highest BCUT2D eigenvalue weighted by atomic mass is 35.5. The van der Waals surface area contributed by atoms with Gasteiger partial charge >= 0.3 is 0 Å². The Labute approximate surface area is 134 Å². The number of hydrogen-bond acceptors (Lipinski definition) is 3. The third-order valence-corrected chi connectivity index (χ3v) is 4.52. The predicted octanol–water partition coefficient (Wildman–Crippen LogP) is 1.53. The van der Waals surface area contributed by atoms with Crippen molar-refractivity contribution in [3.8, 4) is 0 Å². The third kappa shape index (κ3) is 5.06. The molecule has 2 aliphatic heterocycles. The normalized spacial score (nSPS) is 26.8. The van der Waals surface area contributed by atoms with Gasteiger partial charge in [0.15, 0.2) is 0 Å². The van der Waals surface area contributed by atoms with Gasteiger partial charge in [0.1, 0.15) is 0 Å². The number of piperazine rings is 1. The van der Waals surface area contributed by atoms with E-state index in [0.717, 1.165) is 38.6 Å². The maximum absolute atomic E-state index is 12.2. The van der Waals surface area contributed by atoms with Crippen LogP contribution in [0.15, 0.2) is 0 Å². The minimum atomic E-state index is 0. The summed E-state index contributed by atoms with van der Waals surface area (Å²) in [7, 11) is 0. The van der Waals surface area contributed by atoms with Crippen LogP contribution in [0.1, 0.15) is 32.1 Å². The van der Waals surface area contributed by atoms with Gasteiger partial charge in [-0.25, -0.2) is 0 Å². The Hall–Kier alpha value is -0.0300. The number of amides is 1. The summed E-state index contributed by atoms with van der Waals surface area (Å²) in [5.74, 6) is 1.33. The van der Waals surface area contributed by atoms with Crippen LogP contribution in [0.2, 0.25) is 0 Å². The quantitative estimate of drug-likeness (QED) is 0.852. The molecule has 0 spiro atoms. The van der Waals surface area contributed by atoms with Crippen LogP contribution < -0.4 is 5.32 Å². The second kappa shape index (κ2) is 8.42. The standard InChI is InChI=1S/C14H25N3O.2ClH/c18-14(10-13-2-1-5-15-13)17-8-6-16(7-9-17)11-12-3-4-12;;/h12-13,15H,1-11H2;2*1H. The van der Waals surface area contributed by atoms with Gasteiger partial charge in [-0.1, -0.05) is 0 Å². The molecule has 118 valence electrons. The number of hydrogen-bond donors (Lipinski definition) is 1. The molecule has 3 fully saturated rings. The smallest absolute Gasteiger partial charge is 0.224 e. The first-order valence-electron chi connectivity index (χ1n) is 7.55. The molecule has 2 heterocycles. The summed E-state index contributed by atoms with van der Waals surface area (Å²) in [6, 6.07) is 0.446. The molecule has 0 radical (unpaired) electrons. The molecule has 4 nitrogen and oxygen atoms in total. The zero-order chi connectivity index (χ0) is 12.4. The van der Waals surface area contributed by atoms with Crippen molar-refractivity contribution in [3.63, 3.8) is 0 Å². The maximum Gasteiger partial charge on any atom is 0.224 e. The Balaban J connectivity index is 0.000001000. The highest BCUT2D eigenvalue weighted by Gasteiger charge is 2.28. The van der Waals surface area contributed by atoms with Crippen LogP contribution >= 0.6 is 24.8 Å². The van der Waals surface area contributed by atoms with Gasteiger partial charge in [0.05, 0.1) is 0 Å². The van der Waals surface area contributed by atoms with Gasteiger partial charge in [-0.2, -0.15) is 0 Å². The molecule has 1 atom stereocenters. The van der Waals surface area contributed by atoms with E-state index >= 15 is 0 Å². The first-order valence-corrected chi connectivity index (χ1v) is 7.55.